The van der Waals surface area contributed by atoms with Crippen LogP contribution in [-0.2, 0) is 4.79 Å². The average molecular weight is 406 g/mol. The number of carboxylic acids is 1. The van der Waals surface area contributed by atoms with Crippen molar-refractivity contribution in [1.82, 2.24) is 4.98 Å². The molecule has 0 fully saturated rings. The van der Waals surface area contributed by atoms with E-state index in [4.69, 9.17) is 9.52 Å². The van der Waals surface area contributed by atoms with E-state index in [1.54, 1.807) is 0 Å². The fraction of sp³-hybridized carbons (Fsp3) is 0.111. The van der Waals surface area contributed by atoms with Crippen LogP contribution in [0, 0.1) is 0 Å². The van der Waals surface area contributed by atoms with Crippen LogP contribution < -0.4 is 0 Å². The van der Waals surface area contributed by atoms with E-state index >= 15 is 0 Å². The van der Waals surface area contributed by atoms with Gasteiger partial charge in [0.2, 0.25) is 0 Å². The predicted octanol–water partition coefficient (Wildman–Crippen LogP) is 5.16. The summed E-state index contributed by atoms with van der Waals surface area (Å²) in [7, 11) is 0. The molecule has 1 N–H and O–H groups in total. The number of aromatic nitrogens is 1. The lowest BCUT2D eigenvalue weighted by Crippen LogP contribution is -2.06. The molecule has 0 spiro atoms. The Morgan fingerprint density at radius 2 is 1.79 bits per heavy atom. The zero-order valence-electron chi connectivity index (χ0n) is 12.9. The molecule has 1 aromatic heterocycles. The molecule has 3 aromatic rings. The van der Waals surface area contributed by atoms with Crippen molar-refractivity contribution < 1.29 is 14.3 Å². The fourth-order valence-corrected chi connectivity index (χ4v) is 2.28. The molecule has 1 atom stereocenters. The van der Waals surface area contributed by atoms with Gasteiger partial charge in [0.15, 0.2) is 12.2 Å². The zero-order chi connectivity index (χ0) is 17.5. The van der Waals surface area contributed by atoms with Crippen LogP contribution in [0.25, 0.3) is 22.6 Å². The largest absolute Gasteiger partial charge is 0.480 e. The third-order valence-electron chi connectivity index (χ3n) is 3.06. The SMILES string of the molecule is Brc1cccc(-c2ncoc2-c2ccccc2)c1.CC(S)C(=O)O. The molecule has 0 aliphatic carbocycles. The molecule has 6 heteroatoms. The van der Waals surface area contributed by atoms with Crippen molar-refractivity contribution in [3.63, 3.8) is 0 Å². The van der Waals surface area contributed by atoms with Gasteiger partial charge in [-0.15, -0.1) is 0 Å². The Kier molecular flexibility index (Phi) is 6.63. The summed E-state index contributed by atoms with van der Waals surface area (Å²) in [5.41, 5.74) is 2.93. The summed E-state index contributed by atoms with van der Waals surface area (Å²) in [6, 6.07) is 18.0. The van der Waals surface area contributed by atoms with E-state index in [0.717, 1.165) is 27.1 Å². The van der Waals surface area contributed by atoms with Gasteiger partial charge >= 0.3 is 5.97 Å². The van der Waals surface area contributed by atoms with Crippen LogP contribution in [0.2, 0.25) is 0 Å². The molecule has 4 nitrogen and oxygen atoms in total. The van der Waals surface area contributed by atoms with Crippen LogP contribution in [-0.4, -0.2) is 21.3 Å². The zero-order valence-corrected chi connectivity index (χ0v) is 15.4. The minimum absolute atomic E-state index is 0.537. The Hall–Kier alpha value is -2.05. The number of hydrogen-bond acceptors (Lipinski definition) is 4. The Bertz CT molecular complexity index is 803. The number of halogens is 1. The second kappa shape index (κ2) is 8.70. The molecule has 1 heterocycles. The lowest BCUT2D eigenvalue weighted by atomic mass is 10.1. The third kappa shape index (κ3) is 4.97. The molecular formula is C18H16BrNO3S. The minimum Gasteiger partial charge on any atom is -0.480 e. The van der Waals surface area contributed by atoms with Gasteiger partial charge in [-0.3, -0.25) is 4.79 Å². The van der Waals surface area contributed by atoms with Crippen LogP contribution in [0.4, 0.5) is 0 Å². The monoisotopic (exact) mass is 405 g/mol. The Morgan fingerprint density at radius 3 is 2.38 bits per heavy atom. The van der Waals surface area contributed by atoms with Gasteiger partial charge in [-0.05, 0) is 19.1 Å². The predicted molar refractivity (Wildman–Crippen MR) is 101 cm³/mol. The van der Waals surface area contributed by atoms with Crippen LogP contribution in [0.15, 0.2) is 69.9 Å². The summed E-state index contributed by atoms with van der Waals surface area (Å²) in [6.07, 6.45) is 1.48. The van der Waals surface area contributed by atoms with E-state index in [9.17, 15) is 4.79 Å². The first-order valence-electron chi connectivity index (χ1n) is 7.14. The highest BCUT2D eigenvalue weighted by Crippen LogP contribution is 2.31. The molecular weight excluding hydrogens is 390 g/mol. The summed E-state index contributed by atoms with van der Waals surface area (Å²) in [5.74, 6) is -0.0768. The van der Waals surface area contributed by atoms with Gasteiger partial charge in [0, 0.05) is 15.6 Å². The van der Waals surface area contributed by atoms with E-state index in [-0.39, 0.29) is 0 Å². The summed E-state index contributed by atoms with van der Waals surface area (Å²) in [5, 5.41) is 7.38. The number of rotatable bonds is 3. The number of benzene rings is 2. The van der Waals surface area contributed by atoms with Crippen LogP contribution in [0.1, 0.15) is 6.92 Å². The van der Waals surface area contributed by atoms with Gasteiger partial charge in [-0.1, -0.05) is 58.4 Å². The maximum Gasteiger partial charge on any atom is 0.316 e. The van der Waals surface area contributed by atoms with Crippen molar-refractivity contribution >= 4 is 34.5 Å². The van der Waals surface area contributed by atoms with Crippen molar-refractivity contribution in [3.05, 3.63) is 65.5 Å². The van der Waals surface area contributed by atoms with E-state index in [1.807, 2.05) is 54.6 Å². The maximum atomic E-state index is 9.62. The normalized spacial score (nSPS) is 11.3. The first kappa shape index (κ1) is 18.3. The summed E-state index contributed by atoms with van der Waals surface area (Å²) >= 11 is 7.06. The number of nitrogens with zero attached hydrogens (tertiary/aromatic N) is 1. The van der Waals surface area contributed by atoms with E-state index in [2.05, 4.69) is 33.5 Å². The van der Waals surface area contributed by atoms with Crippen LogP contribution in [0.3, 0.4) is 0 Å². The highest BCUT2D eigenvalue weighted by atomic mass is 79.9. The van der Waals surface area contributed by atoms with Crippen molar-refractivity contribution in [3.8, 4) is 22.6 Å². The van der Waals surface area contributed by atoms with Crippen LogP contribution in [0.5, 0.6) is 0 Å². The van der Waals surface area contributed by atoms with Gasteiger partial charge in [0.1, 0.15) is 5.69 Å². The second-order valence-electron chi connectivity index (χ2n) is 4.92. The molecule has 0 aliphatic rings. The molecule has 24 heavy (non-hydrogen) atoms. The molecule has 0 bridgehead atoms. The molecule has 0 aliphatic heterocycles. The topological polar surface area (TPSA) is 63.3 Å². The Labute approximate surface area is 154 Å². The lowest BCUT2D eigenvalue weighted by molar-refractivity contribution is -0.136. The van der Waals surface area contributed by atoms with Crippen molar-refractivity contribution in [2.75, 3.05) is 0 Å². The van der Waals surface area contributed by atoms with E-state index in [1.165, 1.54) is 13.3 Å². The van der Waals surface area contributed by atoms with Crippen LogP contribution >= 0.6 is 28.6 Å². The maximum absolute atomic E-state index is 9.62. The van der Waals surface area contributed by atoms with E-state index < -0.39 is 11.2 Å². The molecule has 0 radical (unpaired) electrons. The summed E-state index contributed by atoms with van der Waals surface area (Å²) in [6.45, 7) is 1.51. The van der Waals surface area contributed by atoms with Gasteiger partial charge in [-0.2, -0.15) is 12.6 Å². The Balaban J connectivity index is 0.000000301. The summed E-state index contributed by atoms with van der Waals surface area (Å²) in [4.78, 5) is 13.9. The van der Waals surface area contributed by atoms with Gasteiger partial charge in [0.25, 0.3) is 0 Å². The quantitative estimate of drug-likeness (QED) is 0.590. The van der Waals surface area contributed by atoms with Crippen molar-refractivity contribution in [2.45, 2.75) is 12.2 Å². The third-order valence-corrected chi connectivity index (χ3v) is 3.77. The molecule has 0 saturated heterocycles. The van der Waals surface area contributed by atoms with Gasteiger partial charge in [0.05, 0.1) is 5.25 Å². The highest BCUT2D eigenvalue weighted by molar-refractivity contribution is 9.10. The number of aliphatic carboxylic acids is 1. The molecule has 2 aromatic carbocycles. The smallest absolute Gasteiger partial charge is 0.316 e. The van der Waals surface area contributed by atoms with Crippen molar-refractivity contribution in [2.24, 2.45) is 0 Å². The fourth-order valence-electron chi connectivity index (χ4n) is 1.88. The standard InChI is InChI=1S/C15H10BrNO.C3H6O2S/c16-13-8-4-7-12(9-13)14-15(18-10-17-14)11-5-2-1-3-6-11;1-2(6)3(4)5/h1-10H;2,6H,1H3,(H,4,5). The highest BCUT2D eigenvalue weighted by Gasteiger charge is 2.12. The number of carbonyl (C=O) groups is 1. The van der Waals surface area contributed by atoms with Gasteiger partial charge in [-0.25, -0.2) is 4.98 Å². The van der Waals surface area contributed by atoms with E-state index in [0.29, 0.717) is 0 Å². The number of hydrogen-bond donors (Lipinski definition) is 2. The minimum atomic E-state index is -0.877. The molecule has 3 rings (SSSR count). The molecule has 0 amide bonds. The number of thiol groups is 1. The average Bonchev–Trinajstić information content (AvgIpc) is 3.06. The first-order chi connectivity index (χ1) is 11.5. The number of carboxylic acid groups (broad SMARTS) is 1. The summed E-state index contributed by atoms with van der Waals surface area (Å²) < 4.78 is 6.55. The lowest BCUT2D eigenvalue weighted by Gasteiger charge is -2.02. The second-order valence-corrected chi connectivity index (χ2v) is 6.61. The first-order valence-corrected chi connectivity index (χ1v) is 8.45. The number of oxazole rings is 1. The molecule has 0 saturated carbocycles. The molecule has 124 valence electrons. The van der Waals surface area contributed by atoms with Crippen molar-refractivity contribution in [1.29, 1.82) is 0 Å². The van der Waals surface area contributed by atoms with Gasteiger partial charge < -0.3 is 9.52 Å². The molecule has 1 unspecified atom stereocenters. The Morgan fingerprint density at radius 1 is 1.17 bits per heavy atom.